The van der Waals surface area contributed by atoms with E-state index in [0.29, 0.717) is 16.5 Å². The van der Waals surface area contributed by atoms with Crippen LogP contribution in [-0.4, -0.2) is 28.5 Å². The van der Waals surface area contributed by atoms with Gasteiger partial charge in [-0.05, 0) is 42.5 Å². The fraction of sp³-hybridized carbons (Fsp3) is 0.0952. The summed E-state index contributed by atoms with van der Waals surface area (Å²) in [6.07, 6.45) is 0. The number of anilines is 2. The first-order chi connectivity index (χ1) is 13.8. The molecule has 0 saturated carbocycles. The predicted octanol–water partition coefficient (Wildman–Crippen LogP) is 4.43. The number of carbonyl (C=O) groups excluding carboxylic acids is 1. The first kappa shape index (κ1) is 20.7. The molecule has 0 aliphatic rings. The number of amides is 1. The number of sulfonamides is 1. The van der Waals surface area contributed by atoms with Crippen LogP contribution in [0, 0.1) is 0 Å². The van der Waals surface area contributed by atoms with Gasteiger partial charge in [0.25, 0.3) is 15.9 Å². The molecule has 0 spiro atoms. The van der Waals surface area contributed by atoms with E-state index in [0.717, 1.165) is 4.31 Å². The molecule has 3 aromatic carbocycles. The van der Waals surface area contributed by atoms with E-state index in [2.05, 4.69) is 5.32 Å². The Hall–Kier alpha value is -3.03. The van der Waals surface area contributed by atoms with E-state index in [4.69, 9.17) is 16.3 Å². The summed E-state index contributed by atoms with van der Waals surface area (Å²) in [5.74, 6) is 0.0238. The molecule has 150 valence electrons. The summed E-state index contributed by atoms with van der Waals surface area (Å²) >= 11 is 6.10. The first-order valence-electron chi connectivity index (χ1n) is 8.62. The van der Waals surface area contributed by atoms with Crippen LogP contribution in [0.5, 0.6) is 5.75 Å². The molecule has 0 radical (unpaired) electrons. The number of rotatable bonds is 6. The van der Waals surface area contributed by atoms with Crippen LogP contribution in [0.3, 0.4) is 0 Å². The van der Waals surface area contributed by atoms with E-state index < -0.39 is 15.9 Å². The second-order valence-corrected chi connectivity index (χ2v) is 8.48. The maximum absolute atomic E-state index is 12.9. The molecule has 0 aromatic heterocycles. The summed E-state index contributed by atoms with van der Waals surface area (Å²) in [6.45, 7) is 0. The second kappa shape index (κ2) is 8.55. The third-order valence-electron chi connectivity index (χ3n) is 4.30. The van der Waals surface area contributed by atoms with Crippen molar-refractivity contribution in [2.24, 2.45) is 0 Å². The van der Waals surface area contributed by atoms with Gasteiger partial charge in [0.05, 0.1) is 28.3 Å². The minimum absolute atomic E-state index is 0.139. The summed E-state index contributed by atoms with van der Waals surface area (Å²) in [6, 6.07) is 19.4. The van der Waals surface area contributed by atoms with Crippen LogP contribution >= 0.6 is 11.6 Å². The topological polar surface area (TPSA) is 75.7 Å². The number of nitrogens with zero attached hydrogens (tertiary/aromatic N) is 1. The van der Waals surface area contributed by atoms with Crippen LogP contribution in [0.1, 0.15) is 10.4 Å². The van der Waals surface area contributed by atoms with Crippen molar-refractivity contribution < 1.29 is 17.9 Å². The highest BCUT2D eigenvalue weighted by Crippen LogP contribution is 2.29. The van der Waals surface area contributed by atoms with Crippen molar-refractivity contribution in [1.29, 1.82) is 0 Å². The number of nitrogens with one attached hydrogen (secondary N) is 1. The number of hydrogen-bond acceptors (Lipinski definition) is 4. The van der Waals surface area contributed by atoms with Crippen molar-refractivity contribution in [3.8, 4) is 5.75 Å². The lowest BCUT2D eigenvalue weighted by Gasteiger charge is -2.22. The maximum Gasteiger partial charge on any atom is 0.264 e. The van der Waals surface area contributed by atoms with E-state index in [1.807, 2.05) is 0 Å². The Morgan fingerprint density at radius 1 is 1.00 bits per heavy atom. The molecule has 3 aromatic rings. The molecule has 0 saturated heterocycles. The van der Waals surface area contributed by atoms with Crippen LogP contribution < -0.4 is 14.4 Å². The zero-order valence-corrected chi connectivity index (χ0v) is 17.4. The summed E-state index contributed by atoms with van der Waals surface area (Å²) in [5, 5.41) is 3.09. The normalized spacial score (nSPS) is 11.0. The number of para-hydroxylation sites is 1. The maximum atomic E-state index is 12.9. The van der Waals surface area contributed by atoms with Crippen molar-refractivity contribution in [1.82, 2.24) is 0 Å². The Balaban J connectivity index is 1.92. The summed E-state index contributed by atoms with van der Waals surface area (Å²) < 4.78 is 32.1. The number of carbonyl (C=O) groups is 1. The molecule has 0 fully saturated rings. The van der Waals surface area contributed by atoms with Gasteiger partial charge >= 0.3 is 0 Å². The third-order valence-corrected chi connectivity index (χ3v) is 6.38. The Morgan fingerprint density at radius 2 is 1.66 bits per heavy atom. The Morgan fingerprint density at radius 3 is 2.31 bits per heavy atom. The molecule has 3 rings (SSSR count). The minimum atomic E-state index is -3.82. The zero-order valence-electron chi connectivity index (χ0n) is 15.8. The first-order valence-corrected chi connectivity index (χ1v) is 10.4. The van der Waals surface area contributed by atoms with Gasteiger partial charge in [-0.2, -0.15) is 0 Å². The minimum Gasteiger partial charge on any atom is -0.495 e. The molecule has 0 heterocycles. The third kappa shape index (κ3) is 4.36. The van der Waals surface area contributed by atoms with Gasteiger partial charge in [-0.3, -0.25) is 9.10 Å². The van der Waals surface area contributed by atoms with E-state index in [1.165, 1.54) is 26.3 Å². The van der Waals surface area contributed by atoms with Crippen LogP contribution in [0.15, 0.2) is 77.7 Å². The van der Waals surface area contributed by atoms with Gasteiger partial charge in [-0.15, -0.1) is 0 Å². The molecular formula is C21H19ClN2O4S. The number of hydrogen-bond donors (Lipinski definition) is 1. The van der Waals surface area contributed by atoms with E-state index in [1.54, 1.807) is 60.7 Å². The number of ether oxygens (including phenoxy) is 1. The highest BCUT2D eigenvalue weighted by molar-refractivity contribution is 7.92. The number of methoxy groups -OCH3 is 1. The van der Waals surface area contributed by atoms with Gasteiger partial charge in [0.2, 0.25) is 0 Å². The molecule has 0 aliphatic carbocycles. The molecule has 1 amide bonds. The van der Waals surface area contributed by atoms with Crippen molar-refractivity contribution in [3.63, 3.8) is 0 Å². The fourth-order valence-corrected chi connectivity index (χ4v) is 4.26. The molecule has 6 nitrogen and oxygen atoms in total. The van der Waals surface area contributed by atoms with Crippen LogP contribution in [0.25, 0.3) is 0 Å². The van der Waals surface area contributed by atoms with Crippen molar-refractivity contribution in [2.75, 3.05) is 23.8 Å². The van der Waals surface area contributed by atoms with Gasteiger partial charge in [0.1, 0.15) is 5.75 Å². The van der Waals surface area contributed by atoms with Gasteiger partial charge in [-0.1, -0.05) is 41.9 Å². The van der Waals surface area contributed by atoms with E-state index in [-0.39, 0.29) is 16.1 Å². The van der Waals surface area contributed by atoms with Crippen molar-refractivity contribution >= 4 is 38.9 Å². The van der Waals surface area contributed by atoms with E-state index >= 15 is 0 Å². The highest BCUT2D eigenvalue weighted by atomic mass is 35.5. The van der Waals surface area contributed by atoms with E-state index in [9.17, 15) is 13.2 Å². The molecular weight excluding hydrogens is 412 g/mol. The largest absolute Gasteiger partial charge is 0.495 e. The smallest absolute Gasteiger partial charge is 0.264 e. The molecule has 8 heteroatoms. The predicted molar refractivity (Wildman–Crippen MR) is 114 cm³/mol. The van der Waals surface area contributed by atoms with Crippen LogP contribution in [-0.2, 0) is 10.0 Å². The quantitative estimate of drug-likeness (QED) is 0.627. The average Bonchev–Trinajstić information content (AvgIpc) is 2.74. The lowest BCUT2D eigenvalue weighted by molar-refractivity contribution is 0.102. The van der Waals surface area contributed by atoms with Crippen molar-refractivity contribution in [3.05, 3.63) is 83.4 Å². The van der Waals surface area contributed by atoms with Crippen LogP contribution in [0.2, 0.25) is 5.02 Å². The Labute approximate surface area is 174 Å². The lowest BCUT2D eigenvalue weighted by atomic mass is 10.1. The van der Waals surface area contributed by atoms with Crippen LogP contribution in [0.4, 0.5) is 11.4 Å². The van der Waals surface area contributed by atoms with Gasteiger partial charge in [-0.25, -0.2) is 8.42 Å². The summed E-state index contributed by atoms with van der Waals surface area (Å²) in [7, 11) is -0.907. The molecule has 1 N–H and O–H groups in total. The lowest BCUT2D eigenvalue weighted by Crippen LogP contribution is -2.29. The number of halogens is 1. The number of benzene rings is 3. The van der Waals surface area contributed by atoms with Crippen molar-refractivity contribution in [2.45, 2.75) is 4.90 Å². The Kier molecular flexibility index (Phi) is 6.10. The highest BCUT2D eigenvalue weighted by Gasteiger charge is 2.25. The summed E-state index contributed by atoms with van der Waals surface area (Å²) in [4.78, 5) is 13.0. The fourth-order valence-electron chi connectivity index (χ4n) is 2.76. The SMILES string of the molecule is COc1ccc(NC(=O)c2ccccc2N(C)S(=O)(=O)c2ccccc2)cc1Cl. The monoisotopic (exact) mass is 430 g/mol. The molecule has 29 heavy (non-hydrogen) atoms. The molecule has 0 atom stereocenters. The van der Waals surface area contributed by atoms with Gasteiger partial charge in [0.15, 0.2) is 0 Å². The Bertz CT molecular complexity index is 1130. The summed E-state index contributed by atoms with van der Waals surface area (Å²) in [5.41, 5.74) is 0.930. The second-order valence-electron chi connectivity index (χ2n) is 6.11. The van der Waals surface area contributed by atoms with Gasteiger partial charge in [0, 0.05) is 12.7 Å². The molecule has 0 bridgehead atoms. The standard InChI is InChI=1S/C21H19ClN2O4S/c1-24(29(26,27)16-8-4-3-5-9-16)19-11-7-6-10-17(19)21(25)23-15-12-13-20(28-2)18(22)14-15/h3-14H,1-2H3,(H,23,25). The zero-order chi connectivity index (χ0) is 21.0. The van der Waals surface area contributed by atoms with Gasteiger partial charge < -0.3 is 10.1 Å². The molecule has 0 unspecified atom stereocenters. The average molecular weight is 431 g/mol. The molecule has 0 aliphatic heterocycles.